The molecule has 3 heterocycles. The second-order valence-electron chi connectivity index (χ2n) is 6.93. The molecule has 2 fully saturated rings. The summed E-state index contributed by atoms with van der Waals surface area (Å²) in [5, 5.41) is 2.22. The first-order valence-electron chi connectivity index (χ1n) is 9.19. The van der Waals surface area contributed by atoms with Crippen molar-refractivity contribution in [2.75, 3.05) is 9.96 Å². The maximum Gasteiger partial charge on any atom is 0.266 e. The second-order valence-corrected chi connectivity index (χ2v) is 7.37. The molecule has 0 saturated carbocycles. The van der Waals surface area contributed by atoms with Gasteiger partial charge in [-0.1, -0.05) is 35.9 Å². The van der Waals surface area contributed by atoms with Gasteiger partial charge in [0, 0.05) is 17.4 Å². The first kappa shape index (κ1) is 17.8. The average Bonchev–Trinajstić information content (AvgIpc) is 3.26. The summed E-state index contributed by atoms with van der Waals surface area (Å²) in [5.41, 5.74) is 2.05. The third-order valence-electron chi connectivity index (χ3n) is 5.24. The lowest BCUT2D eigenvalue weighted by molar-refractivity contribution is -0.126. The fourth-order valence-electron chi connectivity index (χ4n) is 3.95. The van der Waals surface area contributed by atoms with Crippen LogP contribution in [0.15, 0.2) is 79.1 Å². The van der Waals surface area contributed by atoms with Crippen LogP contribution in [0.1, 0.15) is 11.6 Å². The quantitative estimate of drug-likeness (QED) is 0.620. The number of nitrogens with zero attached hydrogens (tertiary/aromatic N) is 3. The summed E-state index contributed by atoms with van der Waals surface area (Å²) >= 11 is 6.02. The molecule has 0 bridgehead atoms. The minimum Gasteiger partial charge on any atom is -0.273 e. The number of hydroxylamine groups is 1. The van der Waals surface area contributed by atoms with E-state index in [4.69, 9.17) is 16.4 Å². The van der Waals surface area contributed by atoms with E-state index in [2.05, 4.69) is 4.98 Å². The number of imide groups is 1. The van der Waals surface area contributed by atoms with E-state index in [1.807, 2.05) is 12.1 Å². The molecular formula is C22H16ClN3O3. The van der Waals surface area contributed by atoms with Crippen LogP contribution in [-0.4, -0.2) is 22.9 Å². The molecule has 1 aromatic heterocycles. The summed E-state index contributed by atoms with van der Waals surface area (Å²) in [4.78, 5) is 38.0. The van der Waals surface area contributed by atoms with Crippen LogP contribution < -0.4 is 9.96 Å². The molecule has 2 amide bonds. The highest BCUT2D eigenvalue weighted by atomic mass is 35.5. The van der Waals surface area contributed by atoms with Gasteiger partial charge in [0.1, 0.15) is 5.92 Å². The predicted molar refractivity (Wildman–Crippen MR) is 108 cm³/mol. The molecule has 6 nitrogen and oxygen atoms in total. The summed E-state index contributed by atoms with van der Waals surface area (Å²) in [5.74, 6) is -1.32. The molecule has 0 N–H and O–H groups in total. The van der Waals surface area contributed by atoms with Crippen molar-refractivity contribution in [1.29, 1.82) is 0 Å². The van der Waals surface area contributed by atoms with Gasteiger partial charge in [0.25, 0.3) is 5.91 Å². The van der Waals surface area contributed by atoms with E-state index in [9.17, 15) is 9.59 Å². The van der Waals surface area contributed by atoms with Crippen molar-refractivity contribution in [2.45, 2.75) is 12.1 Å². The molecule has 3 aromatic rings. The van der Waals surface area contributed by atoms with Crippen LogP contribution in [0.5, 0.6) is 0 Å². The summed E-state index contributed by atoms with van der Waals surface area (Å²) in [7, 11) is 0. The highest BCUT2D eigenvalue weighted by Gasteiger charge is 2.60. The van der Waals surface area contributed by atoms with Gasteiger partial charge in [-0.2, -0.15) is 0 Å². The van der Waals surface area contributed by atoms with Gasteiger partial charge in [-0.25, -0.2) is 9.96 Å². The Kier molecular flexibility index (Phi) is 4.30. The Bertz CT molecular complexity index is 1060. The van der Waals surface area contributed by atoms with Gasteiger partial charge in [0.2, 0.25) is 5.91 Å². The van der Waals surface area contributed by atoms with Crippen LogP contribution in [-0.2, 0) is 14.4 Å². The Hall–Kier alpha value is -3.22. The van der Waals surface area contributed by atoms with Gasteiger partial charge < -0.3 is 0 Å². The molecule has 0 unspecified atom stereocenters. The van der Waals surface area contributed by atoms with Crippen molar-refractivity contribution in [3.05, 3.63) is 89.7 Å². The third kappa shape index (κ3) is 2.88. The molecule has 144 valence electrons. The highest BCUT2D eigenvalue weighted by molar-refractivity contribution is 6.30. The minimum absolute atomic E-state index is 0.281. The summed E-state index contributed by atoms with van der Waals surface area (Å²) in [6, 6.07) is 19.2. The zero-order valence-electron chi connectivity index (χ0n) is 15.2. The Morgan fingerprint density at radius 2 is 1.62 bits per heavy atom. The number of hydrogen-bond acceptors (Lipinski definition) is 5. The van der Waals surface area contributed by atoms with Crippen molar-refractivity contribution in [1.82, 2.24) is 4.98 Å². The van der Waals surface area contributed by atoms with E-state index in [1.54, 1.807) is 72.1 Å². The van der Waals surface area contributed by atoms with E-state index in [-0.39, 0.29) is 11.8 Å². The molecule has 5 rings (SSSR count). The molecule has 2 aliphatic rings. The van der Waals surface area contributed by atoms with Gasteiger partial charge in [0.05, 0.1) is 17.4 Å². The zero-order chi connectivity index (χ0) is 20.0. The topological polar surface area (TPSA) is 62.7 Å². The van der Waals surface area contributed by atoms with Gasteiger partial charge in [-0.15, -0.1) is 0 Å². The van der Waals surface area contributed by atoms with E-state index in [0.29, 0.717) is 16.4 Å². The largest absolute Gasteiger partial charge is 0.273 e. The Morgan fingerprint density at radius 3 is 2.31 bits per heavy atom. The van der Waals surface area contributed by atoms with Gasteiger partial charge in [-0.05, 0) is 48.0 Å². The number of pyridine rings is 1. The van der Waals surface area contributed by atoms with Crippen molar-refractivity contribution < 1.29 is 14.4 Å². The van der Waals surface area contributed by atoms with E-state index in [1.165, 1.54) is 4.90 Å². The summed E-state index contributed by atoms with van der Waals surface area (Å²) in [6.07, 6.45) is 2.47. The number of aromatic nitrogens is 1. The normalized spacial score (nSPS) is 23.6. The van der Waals surface area contributed by atoms with Gasteiger partial charge in [-0.3, -0.25) is 19.4 Å². The standard InChI is InChI=1S/C22H16ClN3O3/c23-15-8-10-17(11-9-15)26-19(14-5-4-12-24-13-14)18-20(29-26)22(28)25(21(18)27)16-6-2-1-3-7-16/h1-13,18-20H/t18-,19+,20-/m0/s1. The SMILES string of the molecule is O=C1[C@@H]2[C@H](ON(c3ccc(Cl)cc3)[C@@H]2c2cccnc2)C(=O)N1c1ccccc1. The van der Waals surface area contributed by atoms with Crippen LogP contribution in [0.4, 0.5) is 11.4 Å². The van der Waals surface area contributed by atoms with Crippen molar-refractivity contribution in [3.63, 3.8) is 0 Å². The maximum absolute atomic E-state index is 13.4. The Labute approximate surface area is 172 Å². The lowest BCUT2D eigenvalue weighted by atomic mass is 9.91. The van der Waals surface area contributed by atoms with Crippen molar-refractivity contribution in [3.8, 4) is 0 Å². The van der Waals surface area contributed by atoms with E-state index in [0.717, 1.165) is 5.56 Å². The Balaban J connectivity index is 1.58. The number of benzene rings is 2. The van der Waals surface area contributed by atoms with Crippen LogP contribution in [0.25, 0.3) is 0 Å². The smallest absolute Gasteiger partial charge is 0.266 e. The van der Waals surface area contributed by atoms with E-state index < -0.39 is 18.1 Å². The first-order valence-corrected chi connectivity index (χ1v) is 9.57. The van der Waals surface area contributed by atoms with Gasteiger partial charge in [0.15, 0.2) is 6.10 Å². The third-order valence-corrected chi connectivity index (χ3v) is 5.49. The average molecular weight is 406 g/mol. The van der Waals surface area contributed by atoms with E-state index >= 15 is 0 Å². The summed E-state index contributed by atoms with van der Waals surface area (Å²) in [6.45, 7) is 0. The monoisotopic (exact) mass is 405 g/mol. The number of amides is 2. The molecule has 3 atom stereocenters. The number of halogens is 1. The van der Waals surface area contributed by atoms with Crippen LogP contribution >= 0.6 is 11.6 Å². The highest BCUT2D eigenvalue weighted by Crippen LogP contribution is 2.47. The van der Waals surface area contributed by atoms with Gasteiger partial charge >= 0.3 is 0 Å². The minimum atomic E-state index is -0.899. The van der Waals surface area contributed by atoms with Crippen LogP contribution in [0.3, 0.4) is 0 Å². The number of rotatable bonds is 3. The number of hydrogen-bond donors (Lipinski definition) is 0. The van der Waals surface area contributed by atoms with Crippen LogP contribution in [0.2, 0.25) is 5.02 Å². The number of carbonyl (C=O) groups excluding carboxylic acids is 2. The van der Waals surface area contributed by atoms with Crippen LogP contribution in [0, 0.1) is 5.92 Å². The molecule has 29 heavy (non-hydrogen) atoms. The van der Waals surface area contributed by atoms with Crippen molar-refractivity contribution >= 4 is 34.8 Å². The predicted octanol–water partition coefficient (Wildman–Crippen LogP) is 3.79. The molecule has 2 aliphatic heterocycles. The second kappa shape index (κ2) is 6.99. The molecular weight excluding hydrogens is 390 g/mol. The molecule has 0 radical (unpaired) electrons. The molecule has 0 aliphatic carbocycles. The zero-order valence-corrected chi connectivity index (χ0v) is 15.9. The molecule has 0 spiro atoms. The fourth-order valence-corrected chi connectivity index (χ4v) is 4.07. The Morgan fingerprint density at radius 1 is 0.862 bits per heavy atom. The summed E-state index contributed by atoms with van der Waals surface area (Å²) < 4.78 is 0. The fraction of sp³-hybridized carbons (Fsp3) is 0.136. The molecule has 7 heteroatoms. The lowest BCUT2D eigenvalue weighted by Crippen LogP contribution is -2.37. The molecule has 2 aromatic carbocycles. The number of anilines is 2. The molecule has 2 saturated heterocycles. The maximum atomic E-state index is 13.4. The number of carbonyl (C=O) groups is 2. The van der Waals surface area contributed by atoms with Crippen molar-refractivity contribution in [2.24, 2.45) is 5.92 Å². The number of fused-ring (bicyclic) bond motifs is 1. The lowest BCUT2D eigenvalue weighted by Gasteiger charge is -2.28. The number of para-hydroxylation sites is 1. The first-order chi connectivity index (χ1) is 14.1.